The van der Waals surface area contributed by atoms with Crippen molar-refractivity contribution in [2.75, 3.05) is 6.54 Å². The molecule has 1 aromatic rings. The summed E-state index contributed by atoms with van der Waals surface area (Å²) in [4.78, 5) is 27.4. The lowest BCUT2D eigenvalue weighted by Crippen LogP contribution is -2.43. The van der Waals surface area contributed by atoms with Gasteiger partial charge < -0.3 is 15.7 Å². The predicted octanol–water partition coefficient (Wildman–Crippen LogP) is 0.934. The zero-order valence-corrected chi connectivity index (χ0v) is 12.9. The van der Waals surface area contributed by atoms with Crippen LogP contribution in [0.4, 0.5) is 0 Å². The Morgan fingerprint density at radius 3 is 2.95 bits per heavy atom. The Morgan fingerprint density at radius 1 is 1.48 bits per heavy atom. The second-order valence-corrected chi connectivity index (χ2v) is 7.31. The first-order valence-corrected chi connectivity index (χ1v) is 8.17. The molecule has 3 atom stereocenters. The molecule has 1 saturated heterocycles. The van der Waals surface area contributed by atoms with Gasteiger partial charge in [-0.15, -0.1) is 11.3 Å². The summed E-state index contributed by atoms with van der Waals surface area (Å²) in [6.45, 7) is 2.41. The molecule has 5 nitrogen and oxygen atoms in total. The summed E-state index contributed by atoms with van der Waals surface area (Å²) in [5, 5.41) is 9.71. The zero-order chi connectivity index (χ0) is 15.1. The van der Waals surface area contributed by atoms with E-state index in [1.54, 1.807) is 0 Å². The van der Waals surface area contributed by atoms with Crippen molar-refractivity contribution in [3.8, 4) is 0 Å². The molecular formula is C15H20N2O3S. The van der Waals surface area contributed by atoms with Crippen LogP contribution in [-0.2, 0) is 17.6 Å². The molecule has 0 radical (unpaired) electrons. The minimum atomic E-state index is -0.689. The van der Waals surface area contributed by atoms with Crippen molar-refractivity contribution in [2.24, 2.45) is 11.7 Å². The molecule has 0 saturated carbocycles. The van der Waals surface area contributed by atoms with Crippen LogP contribution in [0.1, 0.15) is 39.9 Å². The van der Waals surface area contributed by atoms with E-state index in [1.165, 1.54) is 26.7 Å². The first kappa shape index (κ1) is 14.5. The SMILES string of the molecule is C[C@@H]1CCc2sc(C(=O)N3C[C@@H](O)C[C@H]3C(N)=O)cc2C1. The molecule has 1 fully saturated rings. The lowest BCUT2D eigenvalue weighted by atomic mass is 9.90. The number of amides is 2. The first-order chi connectivity index (χ1) is 9.95. The summed E-state index contributed by atoms with van der Waals surface area (Å²) in [5.41, 5.74) is 6.60. The number of thiophene rings is 1. The van der Waals surface area contributed by atoms with E-state index in [0.717, 1.165) is 19.3 Å². The fraction of sp³-hybridized carbons (Fsp3) is 0.600. The first-order valence-electron chi connectivity index (χ1n) is 7.35. The number of hydrogen-bond acceptors (Lipinski definition) is 4. The van der Waals surface area contributed by atoms with Gasteiger partial charge in [-0.3, -0.25) is 9.59 Å². The Morgan fingerprint density at radius 2 is 2.24 bits per heavy atom. The van der Waals surface area contributed by atoms with Gasteiger partial charge in [-0.25, -0.2) is 0 Å². The number of β-amino-alcohol motifs (C(OH)–C–C–N with tert-alkyl or cyclic N) is 1. The number of fused-ring (bicyclic) bond motifs is 1. The van der Waals surface area contributed by atoms with Gasteiger partial charge in [0, 0.05) is 17.8 Å². The number of nitrogens with two attached hydrogens (primary N) is 1. The smallest absolute Gasteiger partial charge is 0.264 e. The molecule has 1 aliphatic carbocycles. The van der Waals surface area contributed by atoms with Crippen LogP contribution < -0.4 is 5.73 Å². The molecule has 0 bridgehead atoms. The Kier molecular flexibility index (Phi) is 3.75. The maximum absolute atomic E-state index is 12.6. The number of nitrogens with zero attached hydrogens (tertiary/aromatic N) is 1. The second-order valence-electron chi connectivity index (χ2n) is 6.17. The normalized spacial score (nSPS) is 28.5. The number of hydrogen-bond donors (Lipinski definition) is 2. The number of aliphatic hydroxyl groups excluding tert-OH is 1. The topological polar surface area (TPSA) is 83.6 Å². The molecule has 2 aliphatic rings. The van der Waals surface area contributed by atoms with Gasteiger partial charge in [0.05, 0.1) is 11.0 Å². The Bertz CT molecular complexity index is 583. The molecule has 1 aliphatic heterocycles. The van der Waals surface area contributed by atoms with Crippen LogP contribution in [0.25, 0.3) is 0 Å². The van der Waals surface area contributed by atoms with Gasteiger partial charge in [-0.2, -0.15) is 0 Å². The molecular weight excluding hydrogens is 288 g/mol. The third kappa shape index (κ3) is 2.70. The number of primary amides is 1. The number of carbonyl (C=O) groups is 2. The van der Waals surface area contributed by atoms with Gasteiger partial charge in [0.1, 0.15) is 6.04 Å². The van der Waals surface area contributed by atoms with Crippen molar-refractivity contribution >= 4 is 23.2 Å². The largest absolute Gasteiger partial charge is 0.391 e. The molecule has 2 heterocycles. The Labute approximate surface area is 127 Å². The second kappa shape index (κ2) is 5.42. The summed E-state index contributed by atoms with van der Waals surface area (Å²) < 4.78 is 0. The number of rotatable bonds is 2. The van der Waals surface area contributed by atoms with Gasteiger partial charge in [0.15, 0.2) is 0 Å². The number of aryl methyl sites for hydroxylation is 1. The average molecular weight is 308 g/mol. The minimum Gasteiger partial charge on any atom is -0.391 e. The van der Waals surface area contributed by atoms with E-state index < -0.39 is 18.1 Å². The number of carbonyl (C=O) groups excluding carboxylic acids is 2. The monoisotopic (exact) mass is 308 g/mol. The van der Waals surface area contributed by atoms with E-state index in [0.29, 0.717) is 10.8 Å². The van der Waals surface area contributed by atoms with Gasteiger partial charge in [-0.1, -0.05) is 6.92 Å². The molecule has 3 rings (SSSR count). The average Bonchev–Trinajstić information content (AvgIpc) is 3.00. The van der Waals surface area contributed by atoms with Crippen LogP contribution in [0.2, 0.25) is 0 Å². The van der Waals surface area contributed by atoms with Crippen LogP contribution in [0.3, 0.4) is 0 Å². The van der Waals surface area contributed by atoms with E-state index >= 15 is 0 Å². The summed E-state index contributed by atoms with van der Waals surface area (Å²) >= 11 is 1.52. The lowest BCUT2D eigenvalue weighted by Gasteiger charge is -2.20. The summed E-state index contributed by atoms with van der Waals surface area (Å²) in [5.74, 6) is -0.0701. The molecule has 1 aromatic heterocycles. The highest BCUT2D eigenvalue weighted by Crippen LogP contribution is 2.33. The van der Waals surface area contributed by atoms with Crippen molar-refractivity contribution in [1.29, 1.82) is 0 Å². The summed E-state index contributed by atoms with van der Waals surface area (Å²) in [6.07, 6.45) is 2.77. The highest BCUT2D eigenvalue weighted by atomic mass is 32.1. The molecule has 0 aromatic carbocycles. The standard InChI is InChI=1S/C15H20N2O3S/c1-8-2-3-12-9(4-8)5-13(21-12)15(20)17-7-10(18)6-11(17)14(16)19/h5,8,10-11,18H,2-4,6-7H2,1H3,(H2,16,19)/t8-,10+,11+/m1/s1. The van der Waals surface area contributed by atoms with Crippen molar-refractivity contribution in [1.82, 2.24) is 4.90 Å². The maximum atomic E-state index is 12.6. The third-order valence-corrected chi connectivity index (χ3v) is 5.63. The molecule has 114 valence electrons. The van der Waals surface area contributed by atoms with Gasteiger partial charge in [0.25, 0.3) is 5.91 Å². The van der Waals surface area contributed by atoms with E-state index in [9.17, 15) is 14.7 Å². The quantitative estimate of drug-likeness (QED) is 0.852. The fourth-order valence-corrected chi connectivity index (χ4v) is 4.43. The fourth-order valence-electron chi connectivity index (χ4n) is 3.26. The van der Waals surface area contributed by atoms with Crippen LogP contribution in [-0.4, -0.2) is 40.5 Å². The lowest BCUT2D eigenvalue weighted by molar-refractivity contribution is -0.121. The van der Waals surface area contributed by atoms with Crippen molar-refractivity contribution < 1.29 is 14.7 Å². The van der Waals surface area contributed by atoms with Crippen molar-refractivity contribution in [3.05, 3.63) is 21.4 Å². The maximum Gasteiger partial charge on any atom is 0.264 e. The molecule has 0 spiro atoms. The van der Waals surface area contributed by atoms with E-state index in [4.69, 9.17) is 5.73 Å². The molecule has 21 heavy (non-hydrogen) atoms. The van der Waals surface area contributed by atoms with Crippen LogP contribution >= 0.6 is 11.3 Å². The number of aliphatic hydroxyl groups is 1. The summed E-state index contributed by atoms with van der Waals surface area (Å²) in [6, 6.07) is 1.27. The highest BCUT2D eigenvalue weighted by molar-refractivity contribution is 7.14. The molecule has 0 unspecified atom stereocenters. The van der Waals surface area contributed by atoms with Crippen molar-refractivity contribution in [2.45, 2.75) is 44.8 Å². The van der Waals surface area contributed by atoms with E-state index in [2.05, 4.69) is 6.92 Å². The Hall–Kier alpha value is -1.40. The minimum absolute atomic E-state index is 0.178. The molecule has 6 heteroatoms. The van der Waals surface area contributed by atoms with Gasteiger partial charge in [-0.05, 0) is 36.8 Å². The molecule has 3 N–H and O–H groups in total. The van der Waals surface area contributed by atoms with E-state index in [-0.39, 0.29) is 18.9 Å². The van der Waals surface area contributed by atoms with Crippen LogP contribution in [0.15, 0.2) is 6.07 Å². The Balaban J connectivity index is 1.83. The predicted molar refractivity (Wildman–Crippen MR) is 80.2 cm³/mol. The molecule has 2 amide bonds. The van der Waals surface area contributed by atoms with Gasteiger partial charge >= 0.3 is 0 Å². The van der Waals surface area contributed by atoms with Crippen LogP contribution in [0.5, 0.6) is 0 Å². The van der Waals surface area contributed by atoms with Crippen LogP contribution in [0, 0.1) is 5.92 Å². The third-order valence-electron chi connectivity index (χ3n) is 4.41. The van der Waals surface area contributed by atoms with E-state index in [1.807, 2.05) is 6.07 Å². The summed E-state index contributed by atoms with van der Waals surface area (Å²) in [7, 11) is 0. The zero-order valence-electron chi connectivity index (χ0n) is 12.0. The number of likely N-dealkylation sites (tertiary alicyclic amines) is 1. The van der Waals surface area contributed by atoms with Crippen molar-refractivity contribution in [3.63, 3.8) is 0 Å². The van der Waals surface area contributed by atoms with Gasteiger partial charge in [0.2, 0.25) is 5.91 Å². The highest BCUT2D eigenvalue weighted by Gasteiger charge is 2.38.